The summed E-state index contributed by atoms with van der Waals surface area (Å²) in [6.45, 7) is 0.999. The maximum atomic E-state index is 12.2. The van der Waals surface area contributed by atoms with Crippen LogP contribution >= 0.6 is 0 Å². The van der Waals surface area contributed by atoms with Crippen LogP contribution < -0.4 is 0 Å². The minimum absolute atomic E-state index is 0.0700. The van der Waals surface area contributed by atoms with Gasteiger partial charge in [0.2, 0.25) is 0 Å². The van der Waals surface area contributed by atoms with Gasteiger partial charge in [-0.25, -0.2) is 4.98 Å². The van der Waals surface area contributed by atoms with Crippen molar-refractivity contribution in [2.75, 3.05) is 19.7 Å². The Labute approximate surface area is 106 Å². The molecule has 1 fully saturated rings. The fraction of sp³-hybridized carbons (Fsp3) is 0.667. The van der Waals surface area contributed by atoms with Crippen LogP contribution in [0.5, 0.6) is 0 Å². The van der Waals surface area contributed by atoms with Crippen LogP contribution in [0.4, 0.5) is 0 Å². The number of carbonyl (C=O) groups is 1. The Hall–Kier alpha value is -1.40. The largest absolute Gasteiger partial charge is 0.394 e. The number of carbonyl (C=O) groups excluding carboxylic acids is 1. The monoisotopic (exact) mass is 253 g/mol. The summed E-state index contributed by atoms with van der Waals surface area (Å²) in [5.41, 5.74) is 0. The second-order valence-corrected chi connectivity index (χ2v) is 4.74. The topological polar surface area (TPSA) is 78.6 Å². The van der Waals surface area contributed by atoms with Crippen LogP contribution in [0.1, 0.15) is 23.5 Å². The fourth-order valence-corrected chi connectivity index (χ4v) is 2.35. The Balaban J connectivity index is 1.94. The summed E-state index contributed by atoms with van der Waals surface area (Å²) in [5, 5.41) is 18.5. The molecule has 6 heteroatoms. The number of imidazole rings is 1. The van der Waals surface area contributed by atoms with Crippen molar-refractivity contribution in [1.29, 1.82) is 0 Å². The van der Waals surface area contributed by atoms with Crippen LogP contribution in [0, 0.1) is 5.92 Å². The highest BCUT2D eigenvalue weighted by molar-refractivity contribution is 5.90. The van der Waals surface area contributed by atoms with E-state index in [0.29, 0.717) is 18.9 Å². The minimum Gasteiger partial charge on any atom is -0.394 e. The SMILES string of the molecule is Cn1ccnc1C(=O)N1CCC(C(O)CO)CC1. The van der Waals surface area contributed by atoms with E-state index in [9.17, 15) is 9.90 Å². The zero-order valence-electron chi connectivity index (χ0n) is 10.5. The quantitative estimate of drug-likeness (QED) is 0.770. The first-order chi connectivity index (χ1) is 8.63. The molecule has 2 rings (SSSR count). The predicted octanol–water partition coefficient (Wildman–Crippen LogP) is -0.375. The molecule has 2 heterocycles. The summed E-state index contributed by atoms with van der Waals surface area (Å²) < 4.78 is 1.71. The average Bonchev–Trinajstić information content (AvgIpc) is 2.83. The van der Waals surface area contributed by atoms with Crippen LogP contribution in [0.25, 0.3) is 0 Å². The van der Waals surface area contributed by atoms with Crippen molar-refractivity contribution in [3.63, 3.8) is 0 Å². The highest BCUT2D eigenvalue weighted by Gasteiger charge is 2.28. The van der Waals surface area contributed by atoms with Crippen molar-refractivity contribution in [3.8, 4) is 0 Å². The fourth-order valence-electron chi connectivity index (χ4n) is 2.35. The molecule has 0 bridgehead atoms. The molecular weight excluding hydrogens is 234 g/mol. The Kier molecular flexibility index (Phi) is 3.98. The normalized spacial score (nSPS) is 18.9. The van der Waals surface area contributed by atoms with Gasteiger partial charge in [-0.15, -0.1) is 0 Å². The van der Waals surface area contributed by atoms with Crippen molar-refractivity contribution >= 4 is 5.91 Å². The molecule has 1 aliphatic heterocycles. The number of aromatic nitrogens is 2. The predicted molar refractivity (Wildman–Crippen MR) is 64.9 cm³/mol. The second-order valence-electron chi connectivity index (χ2n) is 4.74. The van der Waals surface area contributed by atoms with Gasteiger partial charge >= 0.3 is 0 Å². The van der Waals surface area contributed by atoms with Gasteiger partial charge < -0.3 is 19.7 Å². The Morgan fingerprint density at radius 2 is 2.22 bits per heavy atom. The number of aryl methyl sites for hydroxylation is 1. The van der Waals surface area contributed by atoms with E-state index in [1.54, 1.807) is 28.9 Å². The van der Waals surface area contributed by atoms with Gasteiger partial charge in [0, 0.05) is 32.5 Å². The van der Waals surface area contributed by atoms with Crippen LogP contribution in [-0.2, 0) is 7.05 Å². The molecule has 1 saturated heterocycles. The van der Waals surface area contributed by atoms with Gasteiger partial charge in [-0.05, 0) is 18.8 Å². The molecule has 0 aromatic carbocycles. The molecule has 1 aliphatic rings. The number of amides is 1. The Morgan fingerprint density at radius 3 is 2.72 bits per heavy atom. The zero-order valence-corrected chi connectivity index (χ0v) is 10.5. The number of aliphatic hydroxyl groups excluding tert-OH is 2. The molecule has 1 aromatic rings. The molecule has 1 amide bonds. The Bertz CT molecular complexity index is 410. The highest BCUT2D eigenvalue weighted by atomic mass is 16.3. The van der Waals surface area contributed by atoms with Crippen LogP contribution in [-0.4, -0.2) is 56.4 Å². The van der Waals surface area contributed by atoms with Crippen LogP contribution in [0.15, 0.2) is 12.4 Å². The van der Waals surface area contributed by atoms with Crippen molar-refractivity contribution in [2.24, 2.45) is 13.0 Å². The summed E-state index contributed by atoms with van der Waals surface area (Å²) in [6, 6.07) is 0. The van der Waals surface area contributed by atoms with Crippen LogP contribution in [0.2, 0.25) is 0 Å². The van der Waals surface area contributed by atoms with Gasteiger partial charge in [0.25, 0.3) is 5.91 Å². The number of piperidine rings is 1. The van der Waals surface area contributed by atoms with E-state index in [1.807, 2.05) is 0 Å². The lowest BCUT2D eigenvalue weighted by molar-refractivity contribution is 0.0175. The van der Waals surface area contributed by atoms with E-state index < -0.39 is 6.10 Å². The highest BCUT2D eigenvalue weighted by Crippen LogP contribution is 2.21. The number of likely N-dealkylation sites (tertiary alicyclic amines) is 1. The number of hydrogen-bond donors (Lipinski definition) is 2. The first-order valence-electron chi connectivity index (χ1n) is 6.19. The summed E-state index contributed by atoms with van der Waals surface area (Å²) in [4.78, 5) is 18.0. The molecule has 1 unspecified atom stereocenters. The minimum atomic E-state index is -0.671. The standard InChI is InChI=1S/C12H19N3O3/c1-14-7-4-13-11(14)12(18)15-5-2-9(3-6-15)10(17)8-16/h4,7,9-10,16-17H,2-3,5-6,8H2,1H3. The number of nitrogens with zero attached hydrogens (tertiary/aromatic N) is 3. The maximum Gasteiger partial charge on any atom is 0.289 e. The van der Waals surface area contributed by atoms with Gasteiger partial charge in [0.15, 0.2) is 5.82 Å². The summed E-state index contributed by atoms with van der Waals surface area (Å²) >= 11 is 0. The smallest absolute Gasteiger partial charge is 0.289 e. The number of rotatable bonds is 3. The molecule has 100 valence electrons. The molecule has 6 nitrogen and oxygen atoms in total. The molecule has 1 aromatic heterocycles. The van der Waals surface area contributed by atoms with Gasteiger partial charge in [0.05, 0.1) is 12.7 Å². The molecule has 1 atom stereocenters. The van der Waals surface area contributed by atoms with Gasteiger partial charge in [-0.2, -0.15) is 0 Å². The third kappa shape index (κ3) is 2.54. The van der Waals surface area contributed by atoms with E-state index in [0.717, 1.165) is 12.8 Å². The van der Waals surface area contributed by atoms with Crippen molar-refractivity contribution in [3.05, 3.63) is 18.2 Å². The number of hydrogen-bond acceptors (Lipinski definition) is 4. The van der Waals surface area contributed by atoms with Gasteiger partial charge in [-0.3, -0.25) is 4.79 Å². The van der Waals surface area contributed by atoms with E-state index in [2.05, 4.69) is 4.98 Å². The number of aliphatic hydroxyl groups is 2. The summed E-state index contributed by atoms with van der Waals surface area (Å²) in [5.74, 6) is 0.455. The zero-order chi connectivity index (χ0) is 13.1. The average molecular weight is 253 g/mol. The molecule has 2 N–H and O–H groups in total. The summed E-state index contributed by atoms with van der Waals surface area (Å²) in [7, 11) is 1.79. The third-order valence-corrected chi connectivity index (χ3v) is 3.57. The van der Waals surface area contributed by atoms with Gasteiger partial charge in [0.1, 0.15) is 0 Å². The van der Waals surface area contributed by atoms with Crippen molar-refractivity contribution < 1.29 is 15.0 Å². The lowest BCUT2D eigenvalue weighted by Gasteiger charge is -2.33. The molecular formula is C12H19N3O3. The lowest BCUT2D eigenvalue weighted by Crippen LogP contribution is -2.42. The molecule has 0 radical (unpaired) electrons. The molecule has 0 saturated carbocycles. The maximum absolute atomic E-state index is 12.2. The van der Waals surface area contributed by atoms with Crippen LogP contribution in [0.3, 0.4) is 0 Å². The van der Waals surface area contributed by atoms with Crippen molar-refractivity contribution in [1.82, 2.24) is 14.5 Å². The second kappa shape index (κ2) is 5.49. The molecule has 0 spiro atoms. The first-order valence-corrected chi connectivity index (χ1v) is 6.19. The third-order valence-electron chi connectivity index (χ3n) is 3.57. The first kappa shape index (κ1) is 13.0. The van der Waals surface area contributed by atoms with Gasteiger partial charge in [-0.1, -0.05) is 0 Å². The van der Waals surface area contributed by atoms with Crippen molar-refractivity contribution in [2.45, 2.75) is 18.9 Å². The molecule has 0 aliphatic carbocycles. The van der Waals surface area contributed by atoms with E-state index in [4.69, 9.17) is 5.11 Å². The molecule has 18 heavy (non-hydrogen) atoms. The summed E-state index contributed by atoms with van der Waals surface area (Å²) in [6.07, 6.45) is 4.12. The van der Waals surface area contributed by atoms with E-state index in [-0.39, 0.29) is 18.4 Å². The van der Waals surface area contributed by atoms with E-state index >= 15 is 0 Å². The Morgan fingerprint density at radius 1 is 1.56 bits per heavy atom. The lowest BCUT2D eigenvalue weighted by atomic mass is 9.91. The van der Waals surface area contributed by atoms with E-state index in [1.165, 1.54) is 0 Å².